The molecular formula is C14H22N4O3S. The maximum Gasteiger partial charge on any atom is 0.227 e. The van der Waals surface area contributed by atoms with Gasteiger partial charge in [0, 0.05) is 29.5 Å². The molecule has 0 aromatic carbocycles. The van der Waals surface area contributed by atoms with Crippen LogP contribution in [0, 0.1) is 13.8 Å². The molecule has 8 heteroatoms. The van der Waals surface area contributed by atoms with Crippen LogP contribution in [0.3, 0.4) is 0 Å². The number of rotatable bonds is 4. The maximum absolute atomic E-state index is 12.6. The molecule has 1 atom stereocenters. The van der Waals surface area contributed by atoms with Crippen LogP contribution in [-0.2, 0) is 21.1 Å². The van der Waals surface area contributed by atoms with Gasteiger partial charge in [-0.15, -0.1) is 0 Å². The minimum absolute atomic E-state index is 0.0583. The minimum atomic E-state index is -3.01. The summed E-state index contributed by atoms with van der Waals surface area (Å²) in [6.45, 7) is 5.95. The average molecular weight is 326 g/mol. The SMILES string of the molecule is CCN(C(=O)Cc1c(C)nc(N)nc1C)C1CCS(=O)(=O)C1. The van der Waals surface area contributed by atoms with Crippen molar-refractivity contribution in [3.63, 3.8) is 0 Å². The normalized spacial score (nSPS) is 20.0. The van der Waals surface area contributed by atoms with Gasteiger partial charge in [0.1, 0.15) is 0 Å². The average Bonchev–Trinajstić information content (AvgIpc) is 2.75. The van der Waals surface area contributed by atoms with Gasteiger partial charge >= 0.3 is 0 Å². The molecule has 1 amide bonds. The molecule has 0 bridgehead atoms. The lowest BCUT2D eigenvalue weighted by atomic mass is 10.1. The zero-order valence-electron chi connectivity index (χ0n) is 13.2. The molecule has 2 N–H and O–H groups in total. The minimum Gasteiger partial charge on any atom is -0.368 e. The Labute approximate surface area is 130 Å². The van der Waals surface area contributed by atoms with E-state index in [0.717, 1.165) is 5.56 Å². The lowest BCUT2D eigenvalue weighted by Gasteiger charge is -2.27. The largest absolute Gasteiger partial charge is 0.368 e. The third kappa shape index (κ3) is 3.55. The van der Waals surface area contributed by atoms with Crippen LogP contribution in [0.1, 0.15) is 30.3 Å². The third-order valence-electron chi connectivity index (χ3n) is 4.08. The molecule has 22 heavy (non-hydrogen) atoms. The molecule has 1 aliphatic heterocycles. The number of sulfone groups is 1. The van der Waals surface area contributed by atoms with Crippen LogP contribution in [0.15, 0.2) is 0 Å². The molecule has 1 saturated heterocycles. The van der Waals surface area contributed by atoms with E-state index >= 15 is 0 Å². The molecule has 7 nitrogen and oxygen atoms in total. The van der Waals surface area contributed by atoms with Crippen molar-refractivity contribution in [3.05, 3.63) is 17.0 Å². The van der Waals surface area contributed by atoms with Gasteiger partial charge in [-0.2, -0.15) is 0 Å². The number of aromatic nitrogens is 2. The highest BCUT2D eigenvalue weighted by molar-refractivity contribution is 7.91. The van der Waals surface area contributed by atoms with Gasteiger partial charge in [0.15, 0.2) is 9.84 Å². The molecule has 0 spiro atoms. The molecule has 0 saturated carbocycles. The predicted molar refractivity (Wildman–Crippen MR) is 84.1 cm³/mol. The van der Waals surface area contributed by atoms with E-state index in [1.54, 1.807) is 18.7 Å². The molecule has 2 rings (SSSR count). The molecule has 0 radical (unpaired) electrons. The number of hydrogen-bond donors (Lipinski definition) is 1. The summed E-state index contributed by atoms with van der Waals surface area (Å²) in [5.41, 5.74) is 7.73. The Balaban J connectivity index is 2.17. The highest BCUT2D eigenvalue weighted by Gasteiger charge is 2.34. The molecule has 1 aromatic rings. The first-order chi connectivity index (χ1) is 10.2. The predicted octanol–water partition coefficient (Wildman–Crippen LogP) is 0.254. The summed E-state index contributed by atoms with van der Waals surface area (Å²) in [5.74, 6) is 0.317. The van der Waals surface area contributed by atoms with Crippen LogP contribution in [0.2, 0.25) is 0 Å². The number of nitrogens with two attached hydrogens (primary N) is 1. The summed E-state index contributed by atoms with van der Waals surface area (Å²) in [6.07, 6.45) is 0.681. The van der Waals surface area contributed by atoms with E-state index in [2.05, 4.69) is 9.97 Å². The van der Waals surface area contributed by atoms with Gasteiger partial charge in [-0.05, 0) is 27.2 Å². The highest BCUT2D eigenvalue weighted by atomic mass is 32.2. The Morgan fingerprint density at radius 1 is 1.32 bits per heavy atom. The number of anilines is 1. The van der Waals surface area contributed by atoms with Crippen LogP contribution in [0.5, 0.6) is 0 Å². The molecule has 1 aliphatic rings. The lowest BCUT2D eigenvalue weighted by molar-refractivity contribution is -0.132. The van der Waals surface area contributed by atoms with Crippen molar-refractivity contribution in [1.29, 1.82) is 0 Å². The van der Waals surface area contributed by atoms with E-state index in [1.165, 1.54) is 0 Å². The van der Waals surface area contributed by atoms with Crippen molar-refractivity contribution in [1.82, 2.24) is 14.9 Å². The molecule has 0 aliphatic carbocycles. The smallest absolute Gasteiger partial charge is 0.227 e. The number of carbonyl (C=O) groups excluding carboxylic acids is 1. The zero-order chi connectivity index (χ0) is 16.5. The number of nitrogens with zero attached hydrogens (tertiary/aromatic N) is 3. The number of amides is 1. The monoisotopic (exact) mass is 326 g/mol. The molecular weight excluding hydrogens is 304 g/mol. The van der Waals surface area contributed by atoms with E-state index in [1.807, 2.05) is 6.92 Å². The van der Waals surface area contributed by atoms with E-state index in [0.29, 0.717) is 24.4 Å². The fraction of sp³-hybridized carbons (Fsp3) is 0.643. The summed E-state index contributed by atoms with van der Waals surface area (Å²) >= 11 is 0. The van der Waals surface area contributed by atoms with Gasteiger partial charge in [0.2, 0.25) is 11.9 Å². The number of carbonyl (C=O) groups is 1. The summed E-state index contributed by atoms with van der Waals surface area (Å²) < 4.78 is 23.2. The summed E-state index contributed by atoms with van der Waals surface area (Å²) in [6, 6.07) is -0.224. The first-order valence-electron chi connectivity index (χ1n) is 7.33. The summed E-state index contributed by atoms with van der Waals surface area (Å²) in [7, 11) is -3.01. The van der Waals surface area contributed by atoms with Crippen molar-refractivity contribution < 1.29 is 13.2 Å². The van der Waals surface area contributed by atoms with Gasteiger partial charge in [-0.25, -0.2) is 18.4 Å². The van der Waals surface area contributed by atoms with Crippen molar-refractivity contribution >= 4 is 21.7 Å². The maximum atomic E-state index is 12.6. The Hall–Kier alpha value is -1.70. The standard InChI is InChI=1S/C14H22N4O3S/c1-4-18(11-5-6-22(20,21)8-11)13(19)7-12-9(2)16-14(15)17-10(12)3/h11H,4-8H2,1-3H3,(H2,15,16,17). The van der Waals surface area contributed by atoms with Gasteiger partial charge in [0.25, 0.3) is 0 Å². The molecule has 1 unspecified atom stereocenters. The highest BCUT2D eigenvalue weighted by Crippen LogP contribution is 2.20. The van der Waals surface area contributed by atoms with Crippen LogP contribution in [0.4, 0.5) is 5.95 Å². The first-order valence-corrected chi connectivity index (χ1v) is 9.15. The summed E-state index contributed by atoms with van der Waals surface area (Å²) in [4.78, 5) is 22.4. The fourth-order valence-electron chi connectivity index (χ4n) is 2.93. The van der Waals surface area contributed by atoms with Gasteiger partial charge in [-0.1, -0.05) is 0 Å². The quantitative estimate of drug-likeness (QED) is 0.850. The fourth-order valence-corrected chi connectivity index (χ4v) is 4.66. The van der Waals surface area contributed by atoms with Crippen LogP contribution < -0.4 is 5.73 Å². The van der Waals surface area contributed by atoms with Crippen LogP contribution in [0.25, 0.3) is 0 Å². The summed E-state index contributed by atoms with van der Waals surface area (Å²) in [5, 5.41) is 0. The Bertz CT molecular complexity index is 664. The second-order valence-electron chi connectivity index (χ2n) is 5.64. The number of aryl methyl sites for hydroxylation is 2. The molecule has 1 fully saturated rings. The second kappa shape index (κ2) is 6.20. The van der Waals surface area contributed by atoms with Crippen molar-refractivity contribution in [2.24, 2.45) is 0 Å². The number of likely N-dealkylation sites (N-methyl/N-ethyl adjacent to an activating group) is 1. The second-order valence-corrected chi connectivity index (χ2v) is 7.87. The van der Waals surface area contributed by atoms with Gasteiger partial charge in [-0.3, -0.25) is 4.79 Å². The van der Waals surface area contributed by atoms with Crippen molar-refractivity contribution in [2.45, 2.75) is 39.7 Å². The van der Waals surface area contributed by atoms with E-state index in [9.17, 15) is 13.2 Å². The van der Waals surface area contributed by atoms with E-state index < -0.39 is 9.84 Å². The van der Waals surface area contributed by atoms with Crippen molar-refractivity contribution in [3.8, 4) is 0 Å². The van der Waals surface area contributed by atoms with E-state index in [4.69, 9.17) is 5.73 Å². The Morgan fingerprint density at radius 2 is 1.91 bits per heavy atom. The zero-order valence-corrected chi connectivity index (χ0v) is 14.0. The number of nitrogen functional groups attached to an aromatic ring is 1. The van der Waals surface area contributed by atoms with Gasteiger partial charge < -0.3 is 10.6 Å². The first kappa shape index (κ1) is 16.7. The van der Waals surface area contributed by atoms with E-state index in [-0.39, 0.29) is 35.8 Å². The molecule has 122 valence electrons. The van der Waals surface area contributed by atoms with Crippen LogP contribution >= 0.6 is 0 Å². The topological polar surface area (TPSA) is 106 Å². The lowest BCUT2D eigenvalue weighted by Crippen LogP contribution is -2.42. The third-order valence-corrected chi connectivity index (χ3v) is 5.83. The van der Waals surface area contributed by atoms with Crippen molar-refractivity contribution in [2.75, 3.05) is 23.8 Å². The Morgan fingerprint density at radius 3 is 2.36 bits per heavy atom. The van der Waals surface area contributed by atoms with Crippen LogP contribution in [-0.4, -0.2) is 53.3 Å². The molecule has 1 aromatic heterocycles. The van der Waals surface area contributed by atoms with Gasteiger partial charge in [0.05, 0.1) is 17.9 Å². The number of hydrogen-bond acceptors (Lipinski definition) is 6. The molecule has 2 heterocycles. The Kier molecular flexibility index (Phi) is 4.69.